The second kappa shape index (κ2) is 49.8. The monoisotopic (exact) mass is 1980 g/mol. The standard InChI is InChI=1S/C12H11NO.C12H13N.C11H9Cl.C11H9F.C11H11N3O.C11H13N3.C10H9ClN2.C10H9FN2.4C8H8N2/c1-8-6-9-4-2-3-5-10(9)7-11(8)12(13)14;1-9-6-10-4-2-3-5-11(10)7-12(9)8-13;2*1-8-6-9-4-2-3-5-10(9)7-11(8)12;1-6-4-9-7(2-3-14-10(9)12)5-8(6)11(13)15;1-7-4-10-8(5-9(7)6-12)2-3-14-11(10)13;2*1-6-4-8-7(5-9(6)11)2-3-13-10(8)12;1-6-2-3-8-7(4-6)5-9-10-8;2*1-6-2-3-7-8(4-6)10-5-9-7;1-6-2-3-7-5-9-10-8(7)4-6/h2-7H,1H3,(H2,13,14);2-7H,8,13H2,1H3;2*2-7H,1H3;2-5H,1H3,(H2,12,14)(H2,13,15);2-5H,6,12H2,1H3,(H2,13,14);2*2-5H,1H3,(H2,12,13);4*2-5H,1H3,(H,9,10). The summed E-state index contributed by atoms with van der Waals surface area (Å²) in [6.45, 7) is 24.8. The fourth-order valence-corrected chi connectivity index (χ4v) is 16.3. The lowest BCUT2D eigenvalue weighted by atomic mass is 10.0. The summed E-state index contributed by atoms with van der Waals surface area (Å²) < 4.78 is 26.2. The highest BCUT2D eigenvalue weighted by atomic mass is 35.5. The van der Waals surface area contributed by atoms with Crippen molar-refractivity contribution in [2.45, 2.75) is 96.2 Å². The van der Waals surface area contributed by atoms with Gasteiger partial charge in [0.15, 0.2) is 0 Å². The maximum Gasteiger partial charge on any atom is 0.248 e. The summed E-state index contributed by atoms with van der Waals surface area (Å²) in [4.78, 5) is 52.5. The maximum atomic E-state index is 13.1. The van der Waals surface area contributed by atoms with E-state index in [9.17, 15) is 18.4 Å². The van der Waals surface area contributed by atoms with Crippen molar-refractivity contribution in [3.8, 4) is 0 Å². The number of fused-ring (bicyclic) bond motifs is 12. The molecule has 22 nitrogen and oxygen atoms in total. The predicted molar refractivity (Wildman–Crippen MR) is 604 cm³/mol. The molecule has 0 saturated heterocycles. The van der Waals surface area contributed by atoms with E-state index in [1.54, 1.807) is 81.6 Å². The predicted octanol–water partition coefficient (Wildman–Crippen LogP) is 27.3. The Balaban J connectivity index is 0.000000133. The number of primary amides is 2. The summed E-state index contributed by atoms with van der Waals surface area (Å²) in [5.74, 6) is 0.906. The van der Waals surface area contributed by atoms with Crippen LogP contribution in [0.3, 0.4) is 0 Å². The number of carbonyl (C=O) groups excluding carboxylic acids is 2. The van der Waals surface area contributed by atoms with Crippen LogP contribution in [0.25, 0.3) is 130 Å². The van der Waals surface area contributed by atoms with E-state index in [0.717, 1.165) is 136 Å². The molecule has 0 fully saturated rings. The Morgan fingerprint density at radius 2 is 0.582 bits per heavy atom. The zero-order valence-corrected chi connectivity index (χ0v) is 84.8. The molecule has 0 aliphatic heterocycles. The van der Waals surface area contributed by atoms with Gasteiger partial charge < -0.3 is 55.8 Å². The molecule has 20 N–H and O–H groups in total. The molecule has 8 heterocycles. The van der Waals surface area contributed by atoms with Gasteiger partial charge in [-0.15, -0.1) is 0 Å². The lowest BCUT2D eigenvalue weighted by Crippen LogP contribution is -2.12. The van der Waals surface area contributed by atoms with Crippen LogP contribution in [-0.4, -0.2) is 72.1 Å². The normalized spacial score (nSPS) is 10.5. The first kappa shape index (κ1) is 106. The number of aromatic nitrogens is 12. The van der Waals surface area contributed by atoms with Gasteiger partial charge in [-0.3, -0.25) is 19.8 Å². The van der Waals surface area contributed by atoms with E-state index in [1.165, 1.54) is 77.3 Å². The number of nitrogens with one attached hydrogen (secondary N) is 4. The number of nitrogen functional groups attached to an aromatic ring is 4. The molecule has 0 atom stereocenters. The van der Waals surface area contributed by atoms with Crippen LogP contribution in [0.1, 0.15) is 98.6 Å². The van der Waals surface area contributed by atoms with Gasteiger partial charge in [-0.2, -0.15) is 10.2 Å². The molecule has 8 aromatic heterocycles. The number of benzene rings is 16. The van der Waals surface area contributed by atoms with Gasteiger partial charge >= 0.3 is 0 Å². The number of hydrogen-bond donors (Lipinski definition) is 12. The third-order valence-corrected chi connectivity index (χ3v) is 25.0. The molecule has 0 bridgehead atoms. The number of halogens is 4. The number of hydrogen-bond acceptors (Lipinski definition) is 16. The van der Waals surface area contributed by atoms with Gasteiger partial charge in [0, 0.05) is 91.4 Å². The number of rotatable bonds is 4. The fraction of sp³-hybridized carbons (Fsp3) is 0.117. The number of carbonyl (C=O) groups is 2. The van der Waals surface area contributed by atoms with Gasteiger partial charge in [-0.1, -0.05) is 168 Å². The van der Waals surface area contributed by atoms with E-state index in [2.05, 4.69) is 210 Å². The summed E-state index contributed by atoms with van der Waals surface area (Å²) in [5, 5.41) is 34.3. The van der Waals surface area contributed by atoms with Crippen LogP contribution in [0.5, 0.6) is 0 Å². The van der Waals surface area contributed by atoms with Crippen LogP contribution >= 0.6 is 23.2 Å². The van der Waals surface area contributed by atoms with Crippen molar-refractivity contribution in [1.29, 1.82) is 0 Å². The summed E-state index contributed by atoms with van der Waals surface area (Å²) in [6, 6.07) is 94.9. The quantitative estimate of drug-likeness (QED) is 0.0779. The van der Waals surface area contributed by atoms with Crippen molar-refractivity contribution < 1.29 is 18.4 Å². The Hall–Kier alpha value is -17.4. The molecule has 16 aromatic carbocycles. The van der Waals surface area contributed by atoms with Crippen molar-refractivity contribution >= 4 is 188 Å². The zero-order chi connectivity index (χ0) is 104. The molecule has 0 unspecified atom stereocenters. The number of anilines is 4. The molecule has 0 aliphatic carbocycles. The average molecular weight is 1980 g/mol. The van der Waals surface area contributed by atoms with Gasteiger partial charge in [-0.25, -0.2) is 38.7 Å². The molecule has 146 heavy (non-hydrogen) atoms. The second-order valence-electron chi connectivity index (χ2n) is 35.3. The zero-order valence-electron chi connectivity index (χ0n) is 83.3. The number of pyridine rings is 4. The van der Waals surface area contributed by atoms with E-state index in [1.807, 2.05) is 187 Å². The number of nitrogens with two attached hydrogens (primary N) is 8. The number of aromatic amines is 4. The minimum absolute atomic E-state index is 0.131. The van der Waals surface area contributed by atoms with E-state index < -0.39 is 5.91 Å². The Kier molecular flexibility index (Phi) is 36.1. The maximum absolute atomic E-state index is 13.1. The molecule has 24 rings (SSSR count). The van der Waals surface area contributed by atoms with Crippen LogP contribution in [0.4, 0.5) is 32.1 Å². The van der Waals surface area contributed by atoms with Gasteiger partial charge in [0.1, 0.15) is 34.9 Å². The second-order valence-corrected chi connectivity index (χ2v) is 36.1. The number of amides is 2. The van der Waals surface area contributed by atoms with Gasteiger partial charge in [0.25, 0.3) is 0 Å². The number of imidazole rings is 2. The van der Waals surface area contributed by atoms with E-state index >= 15 is 0 Å². The summed E-state index contributed by atoms with van der Waals surface area (Å²) in [7, 11) is 0. The van der Waals surface area contributed by atoms with E-state index in [-0.39, 0.29) is 17.5 Å². The van der Waals surface area contributed by atoms with Crippen LogP contribution in [0, 0.1) is 94.7 Å². The minimum Gasteiger partial charge on any atom is -0.383 e. The smallest absolute Gasteiger partial charge is 0.248 e. The van der Waals surface area contributed by atoms with Crippen LogP contribution in [0.15, 0.2) is 341 Å². The molecular formula is C120H116Cl2F2N20O2. The third kappa shape index (κ3) is 28.1. The molecule has 26 heteroatoms. The molecule has 24 aromatic rings. The first-order valence-electron chi connectivity index (χ1n) is 46.9. The molecule has 2 amide bonds. The van der Waals surface area contributed by atoms with Gasteiger partial charge in [-0.05, 0) is 372 Å². The van der Waals surface area contributed by atoms with Crippen molar-refractivity contribution in [2.75, 3.05) is 22.9 Å². The number of aryl methyl sites for hydroxylation is 12. The van der Waals surface area contributed by atoms with Crippen LogP contribution in [0.2, 0.25) is 10.0 Å². The van der Waals surface area contributed by atoms with Crippen molar-refractivity contribution in [2.24, 2.45) is 22.9 Å². The Bertz CT molecular complexity index is 8200. The molecule has 0 spiro atoms. The Morgan fingerprint density at radius 1 is 0.281 bits per heavy atom. The molecule has 0 radical (unpaired) electrons. The highest BCUT2D eigenvalue weighted by Gasteiger charge is 2.13. The molecule has 736 valence electrons. The van der Waals surface area contributed by atoms with Crippen molar-refractivity contribution in [3.05, 3.63) is 452 Å². The lowest BCUT2D eigenvalue weighted by molar-refractivity contribution is 0.0991. The first-order valence-corrected chi connectivity index (χ1v) is 47.7. The highest BCUT2D eigenvalue weighted by Crippen LogP contribution is 2.31. The van der Waals surface area contributed by atoms with Crippen LogP contribution in [-0.2, 0) is 13.1 Å². The van der Waals surface area contributed by atoms with E-state index in [0.29, 0.717) is 58.6 Å². The van der Waals surface area contributed by atoms with Gasteiger partial charge in [0.05, 0.1) is 58.1 Å². The average Bonchev–Trinajstić information content (AvgIpc) is 1.11. The minimum atomic E-state index is -0.426. The van der Waals surface area contributed by atoms with Crippen molar-refractivity contribution in [1.82, 2.24) is 60.3 Å². The Labute approximate surface area is 855 Å². The Morgan fingerprint density at radius 3 is 1.05 bits per heavy atom. The summed E-state index contributed by atoms with van der Waals surface area (Å²) in [5.41, 5.74) is 67.4. The third-order valence-electron chi connectivity index (χ3n) is 24.2. The SMILES string of the molecule is Cc1cc2c(N)nccc2cc1C(N)=O.Cc1cc2c(N)nccc2cc1CN.Cc1cc2c(N)nccc2cc1Cl.Cc1cc2c(N)nccc2cc1F.Cc1cc2ccccc2cc1C(N)=O.Cc1cc2ccccc2cc1CN.Cc1cc2ccccc2cc1Cl.Cc1cc2ccccc2cc1F.Cc1ccc2[nH]ncc2c1.Cc1ccc2cn[nH]c2c1.Cc1ccc2nc[nH]c2c1.Cc1ccc2nc[nH]c2c1. The first-order chi connectivity index (χ1) is 70.1. The summed E-state index contributed by atoms with van der Waals surface area (Å²) >= 11 is 12.0. The van der Waals surface area contributed by atoms with Crippen molar-refractivity contribution in [3.63, 3.8) is 0 Å². The number of H-pyrrole nitrogens is 4. The topological polar surface area (TPSA) is 409 Å². The van der Waals surface area contributed by atoms with E-state index in [4.69, 9.17) is 69.1 Å². The molecular weight excluding hydrogens is 1860 g/mol. The highest BCUT2D eigenvalue weighted by molar-refractivity contribution is 6.32. The van der Waals surface area contributed by atoms with Gasteiger partial charge in [0.2, 0.25) is 11.8 Å². The number of nitrogens with zero attached hydrogens (tertiary/aromatic N) is 8. The fourth-order valence-electron chi connectivity index (χ4n) is 16.0. The lowest BCUT2D eigenvalue weighted by Gasteiger charge is -2.06. The van der Waals surface area contributed by atoms with Crippen LogP contribution < -0.4 is 45.9 Å². The summed E-state index contributed by atoms with van der Waals surface area (Å²) in [6.07, 6.45) is 13.7. The molecule has 0 aliphatic rings. The largest absolute Gasteiger partial charge is 0.383 e. The molecule has 0 saturated carbocycles.